The highest BCUT2D eigenvalue weighted by molar-refractivity contribution is 5.47. The molecule has 0 radical (unpaired) electrons. The van der Waals surface area contributed by atoms with Gasteiger partial charge in [0.15, 0.2) is 0 Å². The predicted molar refractivity (Wildman–Crippen MR) is 70.6 cm³/mol. The van der Waals surface area contributed by atoms with Crippen molar-refractivity contribution in [3.8, 4) is 0 Å². The van der Waals surface area contributed by atoms with Gasteiger partial charge in [-0.15, -0.1) is 0 Å². The molecule has 0 unspecified atom stereocenters. The Morgan fingerprint density at radius 1 is 1.15 bits per heavy atom. The average molecular weight is 292 g/mol. The minimum Gasteiger partial charge on any atom is -0.388 e. The number of rotatable bonds is 6. The highest BCUT2D eigenvalue weighted by Gasteiger charge is 2.35. The molecule has 1 aromatic heterocycles. The van der Waals surface area contributed by atoms with Crippen LogP contribution in [0.2, 0.25) is 0 Å². The molecular formula is C12H19F3N4O. The van der Waals surface area contributed by atoms with Gasteiger partial charge in [0.25, 0.3) is 0 Å². The van der Waals surface area contributed by atoms with Crippen molar-refractivity contribution in [1.82, 2.24) is 9.97 Å². The molecule has 20 heavy (non-hydrogen) atoms. The van der Waals surface area contributed by atoms with E-state index in [2.05, 4.69) is 20.6 Å². The summed E-state index contributed by atoms with van der Waals surface area (Å²) in [5, 5.41) is 15.4. The second-order valence-electron chi connectivity index (χ2n) is 4.49. The molecule has 1 rings (SSSR count). The number of anilines is 2. The Kier molecular flexibility index (Phi) is 5.15. The number of aliphatic hydroxyl groups is 1. The van der Waals surface area contributed by atoms with E-state index in [0.717, 1.165) is 0 Å². The summed E-state index contributed by atoms with van der Waals surface area (Å²) in [6.07, 6.45) is -3.63. The highest BCUT2D eigenvalue weighted by atomic mass is 19.4. The highest BCUT2D eigenvalue weighted by Crippen LogP contribution is 2.28. The standard InChI is InChI=1S/C12H19F3N4O/c1-4-11(20,5-2)7-17-9-6-8(16-3)18-10(19-9)12(13,14)15/h6,20H,4-5,7H2,1-3H3,(H2,16,17,18,19). The summed E-state index contributed by atoms with van der Waals surface area (Å²) < 4.78 is 38.0. The molecule has 114 valence electrons. The van der Waals surface area contributed by atoms with E-state index < -0.39 is 17.6 Å². The van der Waals surface area contributed by atoms with Crippen molar-refractivity contribution in [1.29, 1.82) is 0 Å². The first-order valence-corrected chi connectivity index (χ1v) is 6.34. The molecule has 0 bridgehead atoms. The van der Waals surface area contributed by atoms with Crippen LogP contribution < -0.4 is 10.6 Å². The molecule has 3 N–H and O–H groups in total. The molecule has 1 heterocycles. The topological polar surface area (TPSA) is 70.1 Å². The zero-order valence-electron chi connectivity index (χ0n) is 11.7. The van der Waals surface area contributed by atoms with Crippen molar-refractivity contribution in [3.05, 3.63) is 11.9 Å². The monoisotopic (exact) mass is 292 g/mol. The fourth-order valence-corrected chi connectivity index (χ4v) is 1.55. The van der Waals surface area contributed by atoms with Gasteiger partial charge in [0.2, 0.25) is 5.82 Å². The molecule has 0 atom stereocenters. The van der Waals surface area contributed by atoms with E-state index in [9.17, 15) is 18.3 Å². The maximum absolute atomic E-state index is 12.7. The summed E-state index contributed by atoms with van der Waals surface area (Å²) in [4.78, 5) is 6.78. The van der Waals surface area contributed by atoms with E-state index >= 15 is 0 Å². The third-order valence-electron chi connectivity index (χ3n) is 3.15. The molecule has 0 aliphatic rings. The Balaban J connectivity index is 2.95. The quantitative estimate of drug-likeness (QED) is 0.751. The molecule has 0 fully saturated rings. The van der Waals surface area contributed by atoms with Crippen LogP contribution in [0.4, 0.5) is 24.8 Å². The van der Waals surface area contributed by atoms with E-state index in [1.54, 1.807) is 0 Å². The van der Waals surface area contributed by atoms with Crippen LogP contribution in [0.5, 0.6) is 0 Å². The van der Waals surface area contributed by atoms with Crippen LogP contribution in [0.1, 0.15) is 32.5 Å². The number of halogens is 3. The van der Waals surface area contributed by atoms with Gasteiger partial charge < -0.3 is 15.7 Å². The average Bonchev–Trinajstić information content (AvgIpc) is 2.43. The van der Waals surface area contributed by atoms with Gasteiger partial charge in [-0.1, -0.05) is 13.8 Å². The SMILES string of the molecule is CCC(O)(CC)CNc1cc(NC)nc(C(F)(F)F)n1. The number of nitrogens with one attached hydrogen (secondary N) is 2. The molecule has 0 saturated heterocycles. The lowest BCUT2D eigenvalue weighted by atomic mass is 9.98. The molecule has 0 saturated carbocycles. The molecular weight excluding hydrogens is 273 g/mol. The fraction of sp³-hybridized carbons (Fsp3) is 0.667. The molecule has 8 heteroatoms. The summed E-state index contributed by atoms with van der Waals surface area (Å²) in [5.41, 5.74) is -0.969. The molecule has 0 aliphatic carbocycles. The van der Waals surface area contributed by atoms with Gasteiger partial charge in [0, 0.05) is 19.7 Å². The largest absolute Gasteiger partial charge is 0.451 e. The Morgan fingerprint density at radius 2 is 1.70 bits per heavy atom. The van der Waals surface area contributed by atoms with Crippen LogP contribution in [0, 0.1) is 0 Å². The van der Waals surface area contributed by atoms with Crippen LogP contribution in [-0.2, 0) is 6.18 Å². The lowest BCUT2D eigenvalue weighted by molar-refractivity contribution is -0.144. The maximum atomic E-state index is 12.7. The second kappa shape index (κ2) is 6.25. The summed E-state index contributed by atoms with van der Waals surface area (Å²) in [7, 11) is 1.47. The zero-order valence-corrected chi connectivity index (χ0v) is 11.7. The molecule has 0 spiro atoms. The minimum absolute atomic E-state index is 0.0250. The van der Waals surface area contributed by atoms with Crippen LogP contribution in [-0.4, -0.2) is 34.3 Å². The van der Waals surface area contributed by atoms with E-state index in [0.29, 0.717) is 12.8 Å². The Hall–Kier alpha value is -1.57. The van der Waals surface area contributed by atoms with Crippen LogP contribution in [0.3, 0.4) is 0 Å². The first-order valence-electron chi connectivity index (χ1n) is 6.34. The minimum atomic E-state index is -4.62. The summed E-state index contributed by atoms with van der Waals surface area (Å²) in [6.45, 7) is 3.74. The number of hydrogen-bond acceptors (Lipinski definition) is 5. The third-order valence-corrected chi connectivity index (χ3v) is 3.15. The lowest BCUT2D eigenvalue weighted by Crippen LogP contribution is -2.35. The number of nitrogens with zero attached hydrogens (tertiary/aromatic N) is 2. The Labute approximate surface area is 115 Å². The molecule has 0 amide bonds. The summed E-state index contributed by atoms with van der Waals surface area (Å²) in [6, 6.07) is 1.36. The first-order chi connectivity index (χ1) is 9.24. The van der Waals surface area contributed by atoms with Crippen molar-refractivity contribution < 1.29 is 18.3 Å². The van der Waals surface area contributed by atoms with Gasteiger partial charge in [-0.25, -0.2) is 9.97 Å². The zero-order chi connectivity index (χ0) is 15.4. The predicted octanol–water partition coefficient (Wildman–Crippen LogP) is 2.50. The van der Waals surface area contributed by atoms with Crippen molar-refractivity contribution in [2.75, 3.05) is 24.2 Å². The number of hydrogen-bond donors (Lipinski definition) is 3. The fourth-order valence-electron chi connectivity index (χ4n) is 1.55. The molecule has 1 aromatic rings. The number of aromatic nitrogens is 2. The first kappa shape index (κ1) is 16.5. The van der Waals surface area contributed by atoms with Crippen molar-refractivity contribution >= 4 is 11.6 Å². The van der Waals surface area contributed by atoms with E-state index in [4.69, 9.17) is 0 Å². The van der Waals surface area contributed by atoms with Crippen molar-refractivity contribution in [3.63, 3.8) is 0 Å². The number of alkyl halides is 3. The van der Waals surface area contributed by atoms with E-state index in [1.165, 1.54) is 13.1 Å². The summed E-state index contributed by atoms with van der Waals surface area (Å²) in [5.74, 6) is -1.13. The normalized spacial score (nSPS) is 12.3. The van der Waals surface area contributed by atoms with Crippen molar-refractivity contribution in [2.24, 2.45) is 0 Å². The summed E-state index contributed by atoms with van der Waals surface area (Å²) >= 11 is 0. The van der Waals surface area contributed by atoms with Crippen molar-refractivity contribution in [2.45, 2.75) is 38.5 Å². The van der Waals surface area contributed by atoms with Gasteiger partial charge in [-0.3, -0.25) is 0 Å². The van der Waals surface area contributed by atoms with Gasteiger partial charge in [0.1, 0.15) is 11.6 Å². The van der Waals surface area contributed by atoms with Crippen LogP contribution >= 0.6 is 0 Å². The van der Waals surface area contributed by atoms with E-state index in [1.807, 2.05) is 13.8 Å². The van der Waals surface area contributed by atoms with E-state index in [-0.39, 0.29) is 18.2 Å². The Morgan fingerprint density at radius 3 is 2.15 bits per heavy atom. The van der Waals surface area contributed by atoms with Gasteiger partial charge >= 0.3 is 6.18 Å². The second-order valence-corrected chi connectivity index (χ2v) is 4.49. The van der Waals surface area contributed by atoms with Gasteiger partial charge in [-0.05, 0) is 12.8 Å². The third kappa shape index (κ3) is 4.22. The molecule has 0 aromatic carbocycles. The smallest absolute Gasteiger partial charge is 0.388 e. The molecule has 0 aliphatic heterocycles. The van der Waals surface area contributed by atoms with Crippen LogP contribution in [0.15, 0.2) is 6.07 Å². The Bertz CT molecular complexity index is 447. The lowest BCUT2D eigenvalue weighted by Gasteiger charge is -2.25. The maximum Gasteiger partial charge on any atom is 0.451 e. The van der Waals surface area contributed by atoms with Gasteiger partial charge in [0.05, 0.1) is 5.60 Å². The van der Waals surface area contributed by atoms with Crippen LogP contribution in [0.25, 0.3) is 0 Å². The van der Waals surface area contributed by atoms with Gasteiger partial charge in [-0.2, -0.15) is 13.2 Å². The molecule has 5 nitrogen and oxygen atoms in total.